The molecule has 1 aromatic carbocycles. The van der Waals surface area contributed by atoms with Crippen molar-refractivity contribution < 1.29 is 0 Å². The molecule has 4 rings (SSSR count). The number of benzene rings is 1. The fourth-order valence-electron chi connectivity index (χ4n) is 4.78. The molecule has 1 saturated heterocycles. The normalized spacial score (nSPS) is 38.2. The molecule has 0 spiro atoms. The zero-order valence-electron chi connectivity index (χ0n) is 11.6. The fourth-order valence-corrected chi connectivity index (χ4v) is 4.78. The third-order valence-corrected chi connectivity index (χ3v) is 5.74. The van der Waals surface area contributed by atoms with Crippen molar-refractivity contribution in [3.05, 3.63) is 35.4 Å². The van der Waals surface area contributed by atoms with E-state index in [4.69, 9.17) is 5.73 Å². The topological polar surface area (TPSA) is 29.3 Å². The lowest BCUT2D eigenvalue weighted by Gasteiger charge is -2.37. The Morgan fingerprint density at radius 3 is 2.74 bits per heavy atom. The zero-order chi connectivity index (χ0) is 12.8. The van der Waals surface area contributed by atoms with E-state index in [2.05, 4.69) is 29.2 Å². The van der Waals surface area contributed by atoms with Crippen molar-refractivity contribution in [2.45, 2.75) is 56.7 Å². The Balaban J connectivity index is 1.58. The van der Waals surface area contributed by atoms with Gasteiger partial charge in [0.25, 0.3) is 0 Å². The number of nitrogens with zero attached hydrogens (tertiary/aromatic N) is 1. The number of nitrogens with two attached hydrogens (primary N) is 1. The Bertz CT molecular complexity index is 470. The van der Waals surface area contributed by atoms with Crippen LogP contribution in [0.3, 0.4) is 0 Å². The second kappa shape index (κ2) is 4.60. The molecular weight excluding hydrogens is 232 g/mol. The van der Waals surface area contributed by atoms with Crippen LogP contribution >= 0.6 is 0 Å². The summed E-state index contributed by atoms with van der Waals surface area (Å²) in [6.07, 6.45) is 8.31. The standard InChI is InChI=1S/C17H24N2/c18-17-14-7-3-1-6-13(14)11-16(17)19-10-9-12-5-2-4-8-15(12)19/h1,3,6-7,12,15-17H,2,4-5,8-11,18H2. The molecule has 0 aromatic heterocycles. The first kappa shape index (κ1) is 11.9. The molecule has 1 saturated carbocycles. The quantitative estimate of drug-likeness (QED) is 0.837. The van der Waals surface area contributed by atoms with Gasteiger partial charge in [0.2, 0.25) is 0 Å². The molecule has 0 radical (unpaired) electrons. The summed E-state index contributed by atoms with van der Waals surface area (Å²) in [7, 11) is 0. The van der Waals surface area contributed by atoms with Gasteiger partial charge in [0.15, 0.2) is 0 Å². The first-order valence-corrected chi connectivity index (χ1v) is 7.94. The van der Waals surface area contributed by atoms with E-state index in [1.807, 2.05) is 0 Å². The van der Waals surface area contributed by atoms with Crippen molar-refractivity contribution in [3.63, 3.8) is 0 Å². The van der Waals surface area contributed by atoms with Crippen molar-refractivity contribution >= 4 is 0 Å². The predicted octanol–water partition coefficient (Wildman–Crippen LogP) is 2.88. The summed E-state index contributed by atoms with van der Waals surface area (Å²) in [5.74, 6) is 0.963. The Labute approximate surface area is 116 Å². The summed E-state index contributed by atoms with van der Waals surface area (Å²) in [6.45, 7) is 1.28. The maximum absolute atomic E-state index is 6.55. The van der Waals surface area contributed by atoms with Crippen molar-refractivity contribution in [2.24, 2.45) is 11.7 Å². The van der Waals surface area contributed by atoms with Gasteiger partial charge < -0.3 is 5.73 Å². The monoisotopic (exact) mass is 256 g/mol. The number of hydrogen-bond donors (Lipinski definition) is 1. The van der Waals surface area contributed by atoms with Gasteiger partial charge in [-0.25, -0.2) is 0 Å². The smallest absolute Gasteiger partial charge is 0.0459 e. The van der Waals surface area contributed by atoms with E-state index in [1.54, 1.807) is 0 Å². The van der Waals surface area contributed by atoms with Crippen LogP contribution in [0.4, 0.5) is 0 Å². The average Bonchev–Trinajstić information content (AvgIpc) is 3.01. The van der Waals surface area contributed by atoms with Gasteiger partial charge in [-0.15, -0.1) is 0 Å². The van der Waals surface area contributed by atoms with Crippen LogP contribution < -0.4 is 5.73 Å². The molecule has 4 atom stereocenters. The summed E-state index contributed by atoms with van der Waals surface area (Å²) < 4.78 is 0. The second-order valence-electron chi connectivity index (χ2n) is 6.63. The first-order chi connectivity index (χ1) is 9.34. The number of hydrogen-bond acceptors (Lipinski definition) is 2. The van der Waals surface area contributed by atoms with Crippen molar-refractivity contribution in [1.29, 1.82) is 0 Å². The van der Waals surface area contributed by atoms with E-state index in [-0.39, 0.29) is 6.04 Å². The van der Waals surface area contributed by atoms with Crippen LogP contribution in [0.1, 0.15) is 49.3 Å². The maximum atomic E-state index is 6.55. The highest BCUT2D eigenvalue weighted by molar-refractivity contribution is 5.37. The molecule has 2 nitrogen and oxygen atoms in total. The van der Waals surface area contributed by atoms with Crippen LogP contribution in [0.2, 0.25) is 0 Å². The van der Waals surface area contributed by atoms with Gasteiger partial charge in [-0.3, -0.25) is 4.90 Å². The second-order valence-corrected chi connectivity index (χ2v) is 6.63. The Morgan fingerprint density at radius 1 is 1.00 bits per heavy atom. The minimum Gasteiger partial charge on any atom is -0.323 e. The number of fused-ring (bicyclic) bond motifs is 2. The van der Waals surface area contributed by atoms with E-state index in [0.29, 0.717) is 6.04 Å². The van der Waals surface area contributed by atoms with Crippen molar-refractivity contribution in [1.82, 2.24) is 4.90 Å². The molecule has 2 fully saturated rings. The highest BCUT2D eigenvalue weighted by Crippen LogP contribution is 2.42. The molecule has 2 aliphatic carbocycles. The highest BCUT2D eigenvalue weighted by atomic mass is 15.2. The SMILES string of the molecule is NC1c2ccccc2CC1N1CCC2CCCCC21. The van der Waals surface area contributed by atoms with E-state index in [9.17, 15) is 0 Å². The highest BCUT2D eigenvalue weighted by Gasteiger charge is 2.43. The summed E-state index contributed by atoms with van der Waals surface area (Å²) in [5.41, 5.74) is 9.43. The van der Waals surface area contributed by atoms with Crippen LogP contribution in [0.25, 0.3) is 0 Å². The largest absolute Gasteiger partial charge is 0.323 e. The molecule has 0 bridgehead atoms. The zero-order valence-corrected chi connectivity index (χ0v) is 11.6. The van der Waals surface area contributed by atoms with E-state index in [1.165, 1.54) is 56.2 Å². The van der Waals surface area contributed by atoms with E-state index >= 15 is 0 Å². The van der Waals surface area contributed by atoms with Crippen LogP contribution in [-0.2, 0) is 6.42 Å². The third-order valence-electron chi connectivity index (χ3n) is 5.74. The van der Waals surface area contributed by atoms with Crippen LogP contribution in [0, 0.1) is 5.92 Å². The molecular formula is C17H24N2. The van der Waals surface area contributed by atoms with Gasteiger partial charge in [-0.2, -0.15) is 0 Å². The van der Waals surface area contributed by atoms with Gasteiger partial charge in [-0.05, 0) is 49.3 Å². The lowest BCUT2D eigenvalue weighted by molar-refractivity contribution is 0.122. The Hall–Kier alpha value is -0.860. The lowest BCUT2D eigenvalue weighted by Crippen LogP contribution is -2.46. The summed E-state index contributed by atoms with van der Waals surface area (Å²) >= 11 is 0. The Morgan fingerprint density at radius 2 is 1.84 bits per heavy atom. The third kappa shape index (κ3) is 1.85. The molecule has 102 valence electrons. The summed E-state index contributed by atoms with van der Waals surface area (Å²) in [5, 5.41) is 0. The molecule has 1 aromatic rings. The molecule has 4 unspecified atom stereocenters. The Kier molecular flexibility index (Phi) is 2.89. The summed E-state index contributed by atoms with van der Waals surface area (Å²) in [6, 6.07) is 10.4. The predicted molar refractivity (Wildman–Crippen MR) is 77.9 cm³/mol. The van der Waals surface area contributed by atoms with Crippen LogP contribution in [-0.4, -0.2) is 23.5 Å². The molecule has 2 N–H and O–H groups in total. The van der Waals surface area contributed by atoms with Crippen molar-refractivity contribution in [2.75, 3.05) is 6.54 Å². The van der Waals surface area contributed by atoms with Gasteiger partial charge in [0.05, 0.1) is 0 Å². The molecule has 3 aliphatic rings. The van der Waals surface area contributed by atoms with Crippen LogP contribution in [0.15, 0.2) is 24.3 Å². The lowest BCUT2D eigenvalue weighted by atomic mass is 9.84. The van der Waals surface area contributed by atoms with Gasteiger partial charge in [0.1, 0.15) is 0 Å². The average molecular weight is 256 g/mol. The number of likely N-dealkylation sites (tertiary alicyclic amines) is 1. The molecule has 1 aliphatic heterocycles. The fraction of sp³-hybridized carbons (Fsp3) is 0.647. The van der Waals surface area contributed by atoms with Crippen molar-refractivity contribution in [3.8, 4) is 0 Å². The van der Waals surface area contributed by atoms with E-state index < -0.39 is 0 Å². The minimum absolute atomic E-state index is 0.233. The van der Waals surface area contributed by atoms with E-state index in [0.717, 1.165) is 12.0 Å². The van der Waals surface area contributed by atoms with Gasteiger partial charge >= 0.3 is 0 Å². The molecule has 0 amide bonds. The van der Waals surface area contributed by atoms with Gasteiger partial charge in [0, 0.05) is 18.1 Å². The molecule has 2 heteroatoms. The first-order valence-electron chi connectivity index (χ1n) is 7.94. The number of rotatable bonds is 1. The van der Waals surface area contributed by atoms with Crippen LogP contribution in [0.5, 0.6) is 0 Å². The maximum Gasteiger partial charge on any atom is 0.0459 e. The van der Waals surface area contributed by atoms with Gasteiger partial charge in [-0.1, -0.05) is 37.1 Å². The molecule has 19 heavy (non-hydrogen) atoms. The summed E-state index contributed by atoms with van der Waals surface area (Å²) in [4.78, 5) is 2.77. The minimum atomic E-state index is 0.233. The molecule has 1 heterocycles.